The molecule has 1 aromatic heterocycles. The van der Waals surface area contributed by atoms with Gasteiger partial charge < -0.3 is 5.84 Å². The highest BCUT2D eigenvalue weighted by Crippen LogP contribution is 2.09. The highest BCUT2D eigenvalue weighted by molar-refractivity contribution is 5.79. The van der Waals surface area contributed by atoms with Gasteiger partial charge in [-0.2, -0.15) is 0 Å². The number of hydrogen-bond acceptors (Lipinski definition) is 3. The van der Waals surface area contributed by atoms with Gasteiger partial charge in [0.05, 0.1) is 10.9 Å². The molecule has 0 spiro atoms. The minimum Gasteiger partial charge on any atom is -0.334 e. The highest BCUT2D eigenvalue weighted by atomic mass is 16.1. The largest absolute Gasteiger partial charge is 0.334 e. The molecule has 0 aliphatic rings. The van der Waals surface area contributed by atoms with Crippen molar-refractivity contribution in [3.8, 4) is 0 Å². The molecule has 4 nitrogen and oxygen atoms in total. The number of nitrogens with two attached hydrogens (primary N) is 1. The Hall–Kier alpha value is -2.88. The lowest BCUT2D eigenvalue weighted by molar-refractivity contribution is 0.896. The van der Waals surface area contributed by atoms with E-state index in [-0.39, 0.29) is 5.56 Å². The van der Waals surface area contributed by atoms with Gasteiger partial charge in [0.15, 0.2) is 5.82 Å². The van der Waals surface area contributed by atoms with Crippen LogP contribution in [-0.2, 0) is 0 Å². The minimum absolute atomic E-state index is 0.247. The van der Waals surface area contributed by atoms with Gasteiger partial charge in [0.2, 0.25) is 0 Å². The molecule has 0 radical (unpaired) electrons. The van der Waals surface area contributed by atoms with Crippen molar-refractivity contribution in [3.63, 3.8) is 0 Å². The van der Waals surface area contributed by atoms with E-state index in [4.69, 9.17) is 5.84 Å². The predicted molar refractivity (Wildman–Crippen MR) is 81.5 cm³/mol. The summed E-state index contributed by atoms with van der Waals surface area (Å²) < 4.78 is 1.07. The summed E-state index contributed by atoms with van der Waals surface area (Å²) in [6.45, 7) is 0. The molecule has 3 rings (SSSR count). The van der Waals surface area contributed by atoms with E-state index < -0.39 is 0 Å². The monoisotopic (exact) mass is 263 g/mol. The molecule has 0 amide bonds. The van der Waals surface area contributed by atoms with Gasteiger partial charge in [0, 0.05) is 0 Å². The third-order valence-electron chi connectivity index (χ3n) is 3.06. The van der Waals surface area contributed by atoms with Gasteiger partial charge in [0.25, 0.3) is 5.56 Å². The second-order valence-corrected chi connectivity index (χ2v) is 4.41. The van der Waals surface area contributed by atoms with Gasteiger partial charge in [-0.1, -0.05) is 48.5 Å². The Kier molecular flexibility index (Phi) is 3.05. The second-order valence-electron chi connectivity index (χ2n) is 4.41. The molecule has 20 heavy (non-hydrogen) atoms. The van der Waals surface area contributed by atoms with Crippen LogP contribution in [0.4, 0.5) is 0 Å². The highest BCUT2D eigenvalue weighted by Gasteiger charge is 2.05. The topological polar surface area (TPSA) is 60.9 Å². The number of para-hydroxylation sites is 1. The Morgan fingerprint density at radius 1 is 0.950 bits per heavy atom. The summed E-state index contributed by atoms with van der Waals surface area (Å²) in [7, 11) is 0. The number of aromatic nitrogens is 2. The van der Waals surface area contributed by atoms with Crippen molar-refractivity contribution in [2.24, 2.45) is 0 Å². The van der Waals surface area contributed by atoms with E-state index in [1.807, 2.05) is 42.5 Å². The van der Waals surface area contributed by atoms with Crippen molar-refractivity contribution in [1.29, 1.82) is 0 Å². The Morgan fingerprint density at radius 3 is 2.45 bits per heavy atom. The van der Waals surface area contributed by atoms with E-state index >= 15 is 0 Å². The molecule has 4 heteroatoms. The summed E-state index contributed by atoms with van der Waals surface area (Å²) in [6, 6.07) is 16.9. The van der Waals surface area contributed by atoms with E-state index in [9.17, 15) is 4.79 Å². The Bertz CT molecular complexity index is 835. The quantitative estimate of drug-likeness (QED) is 0.721. The molecule has 0 aliphatic heterocycles. The normalized spacial score (nSPS) is 11.2. The van der Waals surface area contributed by atoms with E-state index in [1.54, 1.807) is 24.3 Å². The van der Waals surface area contributed by atoms with E-state index in [0.717, 1.165) is 10.2 Å². The van der Waals surface area contributed by atoms with Gasteiger partial charge in [-0.25, -0.2) is 9.66 Å². The summed E-state index contributed by atoms with van der Waals surface area (Å²) in [5.41, 5.74) is 1.42. The van der Waals surface area contributed by atoms with Crippen LogP contribution in [0.2, 0.25) is 0 Å². The molecule has 0 atom stereocenters. The zero-order valence-corrected chi connectivity index (χ0v) is 10.7. The zero-order chi connectivity index (χ0) is 13.9. The Balaban J connectivity index is 2.11. The first-order valence-corrected chi connectivity index (χ1v) is 6.26. The third kappa shape index (κ3) is 2.19. The number of benzene rings is 2. The van der Waals surface area contributed by atoms with Crippen molar-refractivity contribution < 1.29 is 0 Å². The van der Waals surface area contributed by atoms with E-state index in [0.29, 0.717) is 16.7 Å². The lowest BCUT2D eigenvalue weighted by Gasteiger charge is -2.05. The van der Waals surface area contributed by atoms with Crippen molar-refractivity contribution in [3.05, 3.63) is 76.3 Å². The number of rotatable bonds is 2. The lowest BCUT2D eigenvalue weighted by Crippen LogP contribution is -2.30. The maximum atomic E-state index is 12.1. The zero-order valence-electron chi connectivity index (χ0n) is 10.7. The maximum Gasteiger partial charge on any atom is 0.280 e. The van der Waals surface area contributed by atoms with Crippen molar-refractivity contribution >= 4 is 23.1 Å². The molecule has 0 aliphatic carbocycles. The smallest absolute Gasteiger partial charge is 0.280 e. The molecule has 2 N–H and O–H groups in total. The third-order valence-corrected chi connectivity index (χ3v) is 3.06. The summed E-state index contributed by atoms with van der Waals surface area (Å²) >= 11 is 0. The SMILES string of the molecule is Nn1c(C=Cc2ccccc2)nc2ccccc2c1=O. The average molecular weight is 263 g/mol. The minimum atomic E-state index is -0.247. The molecule has 0 saturated carbocycles. The summed E-state index contributed by atoms with van der Waals surface area (Å²) in [4.78, 5) is 16.5. The average Bonchev–Trinajstić information content (AvgIpc) is 2.50. The summed E-state index contributed by atoms with van der Waals surface area (Å²) in [6.07, 6.45) is 3.61. The summed E-state index contributed by atoms with van der Waals surface area (Å²) in [5.74, 6) is 6.23. The van der Waals surface area contributed by atoms with Gasteiger partial charge in [-0.15, -0.1) is 0 Å². The molecule has 0 saturated heterocycles. The van der Waals surface area contributed by atoms with Crippen LogP contribution in [0.25, 0.3) is 23.1 Å². The molecule has 2 aromatic carbocycles. The van der Waals surface area contributed by atoms with Crippen LogP contribution in [0, 0.1) is 0 Å². The molecular weight excluding hydrogens is 250 g/mol. The van der Waals surface area contributed by atoms with Crippen LogP contribution >= 0.6 is 0 Å². The Labute approximate surface area is 115 Å². The van der Waals surface area contributed by atoms with Crippen LogP contribution in [0.3, 0.4) is 0 Å². The lowest BCUT2D eigenvalue weighted by atomic mass is 10.2. The number of nitrogen functional groups attached to an aromatic ring is 1. The second kappa shape index (κ2) is 5.01. The molecule has 98 valence electrons. The standard InChI is InChI=1S/C16H13N3O/c17-19-15(11-10-12-6-2-1-3-7-12)18-14-9-5-4-8-13(14)16(19)20/h1-11H,17H2. The molecular formula is C16H13N3O. The fraction of sp³-hybridized carbons (Fsp3) is 0. The molecule has 0 bridgehead atoms. The number of fused-ring (bicyclic) bond motifs is 1. The first-order chi connectivity index (χ1) is 9.75. The van der Waals surface area contributed by atoms with Gasteiger partial charge in [-0.3, -0.25) is 4.79 Å². The van der Waals surface area contributed by atoms with E-state index in [1.165, 1.54) is 0 Å². The molecule has 0 fully saturated rings. The first-order valence-electron chi connectivity index (χ1n) is 6.26. The van der Waals surface area contributed by atoms with Gasteiger partial charge in [0.1, 0.15) is 0 Å². The van der Waals surface area contributed by atoms with E-state index in [2.05, 4.69) is 4.98 Å². The van der Waals surface area contributed by atoms with Crippen LogP contribution in [-0.4, -0.2) is 9.66 Å². The van der Waals surface area contributed by atoms with Gasteiger partial charge in [-0.05, 0) is 23.8 Å². The molecule has 0 unspecified atom stereocenters. The maximum absolute atomic E-state index is 12.1. The van der Waals surface area contributed by atoms with Crippen LogP contribution < -0.4 is 11.4 Å². The summed E-state index contributed by atoms with van der Waals surface area (Å²) in [5, 5.41) is 0.520. The van der Waals surface area contributed by atoms with Crippen molar-refractivity contribution in [1.82, 2.24) is 9.66 Å². The van der Waals surface area contributed by atoms with Gasteiger partial charge >= 0.3 is 0 Å². The Morgan fingerprint density at radius 2 is 1.65 bits per heavy atom. The molecule has 3 aromatic rings. The van der Waals surface area contributed by atoms with Crippen LogP contribution in [0.5, 0.6) is 0 Å². The van der Waals surface area contributed by atoms with Crippen molar-refractivity contribution in [2.75, 3.05) is 5.84 Å². The van der Waals surface area contributed by atoms with Crippen LogP contribution in [0.1, 0.15) is 11.4 Å². The van der Waals surface area contributed by atoms with Crippen molar-refractivity contribution in [2.45, 2.75) is 0 Å². The number of nitrogens with zero attached hydrogens (tertiary/aromatic N) is 2. The van der Waals surface area contributed by atoms with Crippen LogP contribution in [0.15, 0.2) is 59.4 Å². The molecule has 1 heterocycles. The fourth-order valence-corrected chi connectivity index (χ4v) is 2.02. The predicted octanol–water partition coefficient (Wildman–Crippen LogP) is 2.28. The fourth-order valence-electron chi connectivity index (χ4n) is 2.02. The first kappa shape index (κ1) is 12.2. The number of hydrogen-bond donors (Lipinski definition) is 1.